The Kier molecular flexibility index (Phi) is 39.5. The number of allylic oxidation sites excluding steroid dienone is 9. The third kappa shape index (κ3) is 45.1. The van der Waals surface area contributed by atoms with Crippen LogP contribution in [0.2, 0.25) is 0 Å². The summed E-state index contributed by atoms with van der Waals surface area (Å²) in [5.41, 5.74) is 0. The first-order valence-electron chi connectivity index (χ1n) is 23.5. The van der Waals surface area contributed by atoms with Crippen LogP contribution < -0.4 is 4.89 Å². The molecular formula is C49H88NO8P. The van der Waals surface area contributed by atoms with Crippen LogP contribution in [-0.4, -0.2) is 70.0 Å². The van der Waals surface area contributed by atoms with E-state index >= 15 is 0 Å². The fraction of sp³-hybridized carbons (Fsp3) is 0.755. The first-order chi connectivity index (χ1) is 28.5. The van der Waals surface area contributed by atoms with Crippen molar-refractivity contribution in [1.82, 2.24) is 0 Å². The zero-order valence-corrected chi connectivity index (χ0v) is 39.3. The van der Waals surface area contributed by atoms with Crippen molar-refractivity contribution in [3.05, 3.63) is 60.8 Å². The summed E-state index contributed by atoms with van der Waals surface area (Å²) in [5, 5.41) is 0. The van der Waals surface area contributed by atoms with Gasteiger partial charge in [0.15, 0.2) is 6.10 Å². The van der Waals surface area contributed by atoms with Gasteiger partial charge in [0.25, 0.3) is 7.82 Å². The Morgan fingerprint density at radius 2 is 0.949 bits per heavy atom. The van der Waals surface area contributed by atoms with Crippen molar-refractivity contribution in [2.24, 2.45) is 0 Å². The molecule has 2 unspecified atom stereocenters. The van der Waals surface area contributed by atoms with Gasteiger partial charge < -0.3 is 27.9 Å². The third-order valence-electron chi connectivity index (χ3n) is 9.84. The standard InChI is InChI=1S/C49H88NO8P/c1-6-8-10-12-14-16-18-20-22-23-24-25-26-28-29-31-33-35-37-39-41-48(51)55-45-47(46-57-59(53,54)56-44-43-50(3,4)5)58-49(52)42-40-38-36-34-32-30-27-21-19-17-15-13-11-9-7-2/h9,11,15,17,21,27,32,34,38,40,47H,6-8,10,12-14,16,18-20,22-26,28-31,33,35-37,39,41-46H2,1-5H3/b11-9-,17-15-,27-21-,34-32-,40-38-. The number of phosphoric ester groups is 1. The number of unbranched alkanes of at least 4 members (excludes halogenated alkanes) is 19. The molecule has 10 heteroatoms. The highest BCUT2D eigenvalue weighted by molar-refractivity contribution is 7.45. The minimum Gasteiger partial charge on any atom is -0.756 e. The Morgan fingerprint density at radius 3 is 1.37 bits per heavy atom. The SMILES string of the molecule is CC/C=C\C/C=C\C/C=C\C/C=C\C/C=C\CC(=O)OC(COC(=O)CCCCCCCCCCCCCCCCCCCCCC)COP(=O)([O-])OCC[N+](C)(C)C. The number of quaternary nitrogens is 1. The van der Waals surface area contributed by atoms with E-state index in [0.29, 0.717) is 17.4 Å². The molecule has 2 atom stereocenters. The van der Waals surface area contributed by atoms with Crippen LogP contribution in [0.15, 0.2) is 60.8 Å². The molecule has 0 rings (SSSR count). The predicted octanol–water partition coefficient (Wildman–Crippen LogP) is 13.0. The Morgan fingerprint density at radius 1 is 0.542 bits per heavy atom. The van der Waals surface area contributed by atoms with E-state index in [9.17, 15) is 19.0 Å². The smallest absolute Gasteiger partial charge is 0.310 e. The second-order valence-corrected chi connectivity index (χ2v) is 18.2. The molecule has 0 saturated heterocycles. The predicted molar refractivity (Wildman–Crippen MR) is 245 cm³/mol. The van der Waals surface area contributed by atoms with Crippen molar-refractivity contribution in [3.8, 4) is 0 Å². The summed E-state index contributed by atoms with van der Waals surface area (Å²) in [7, 11) is 1.11. The third-order valence-corrected chi connectivity index (χ3v) is 10.8. The molecule has 0 radical (unpaired) electrons. The van der Waals surface area contributed by atoms with Gasteiger partial charge in [0.05, 0.1) is 34.2 Å². The van der Waals surface area contributed by atoms with Crippen LogP contribution in [0.25, 0.3) is 0 Å². The largest absolute Gasteiger partial charge is 0.756 e. The highest BCUT2D eigenvalue weighted by atomic mass is 31.2. The molecule has 0 amide bonds. The van der Waals surface area contributed by atoms with Crippen molar-refractivity contribution in [2.45, 2.75) is 193 Å². The number of rotatable bonds is 42. The van der Waals surface area contributed by atoms with Crippen molar-refractivity contribution in [1.29, 1.82) is 0 Å². The number of phosphoric acid groups is 1. The summed E-state index contributed by atoms with van der Waals surface area (Å²) in [4.78, 5) is 37.5. The van der Waals surface area contributed by atoms with Crippen LogP contribution in [0.4, 0.5) is 0 Å². The van der Waals surface area contributed by atoms with Gasteiger partial charge in [0.1, 0.15) is 19.8 Å². The number of nitrogens with zero attached hydrogens (tertiary/aromatic N) is 1. The van der Waals surface area contributed by atoms with Gasteiger partial charge in [-0.3, -0.25) is 14.2 Å². The molecular weight excluding hydrogens is 762 g/mol. The van der Waals surface area contributed by atoms with E-state index in [-0.39, 0.29) is 26.1 Å². The minimum atomic E-state index is -4.65. The van der Waals surface area contributed by atoms with Crippen molar-refractivity contribution < 1.29 is 42.1 Å². The summed E-state index contributed by atoms with van der Waals surface area (Å²) in [6.07, 6.45) is 50.0. The molecule has 0 heterocycles. The number of carbonyl (C=O) groups excluding carboxylic acids is 2. The fourth-order valence-corrected chi connectivity index (χ4v) is 6.93. The minimum absolute atomic E-state index is 0.00753. The molecule has 0 bridgehead atoms. The zero-order valence-electron chi connectivity index (χ0n) is 38.4. The van der Waals surface area contributed by atoms with Gasteiger partial charge in [0.2, 0.25) is 0 Å². The van der Waals surface area contributed by atoms with E-state index in [1.807, 2.05) is 33.3 Å². The maximum absolute atomic E-state index is 12.6. The topological polar surface area (TPSA) is 111 Å². The molecule has 0 aliphatic heterocycles. The number of hydrogen-bond acceptors (Lipinski definition) is 8. The average Bonchev–Trinajstić information content (AvgIpc) is 3.19. The first kappa shape index (κ1) is 56.7. The van der Waals surface area contributed by atoms with E-state index in [1.54, 1.807) is 6.08 Å². The number of hydrogen-bond donors (Lipinski definition) is 0. The molecule has 0 saturated carbocycles. The van der Waals surface area contributed by atoms with Crippen LogP contribution in [-0.2, 0) is 32.7 Å². The Hall–Kier alpha value is -2.29. The number of carbonyl (C=O) groups is 2. The lowest BCUT2D eigenvalue weighted by atomic mass is 10.0. The lowest BCUT2D eigenvalue weighted by Gasteiger charge is -2.28. The second-order valence-electron chi connectivity index (χ2n) is 16.8. The summed E-state index contributed by atoms with van der Waals surface area (Å²) < 4.78 is 33.8. The van der Waals surface area contributed by atoms with Crippen LogP contribution in [0, 0.1) is 0 Å². The quantitative estimate of drug-likeness (QED) is 0.0196. The van der Waals surface area contributed by atoms with Gasteiger partial charge in [-0.05, 0) is 38.5 Å². The Bertz CT molecular complexity index is 1190. The maximum atomic E-state index is 12.6. The monoisotopic (exact) mass is 850 g/mol. The van der Waals surface area contributed by atoms with E-state index in [4.69, 9.17) is 18.5 Å². The second kappa shape index (κ2) is 41.1. The van der Waals surface area contributed by atoms with E-state index in [1.165, 1.54) is 109 Å². The average molecular weight is 850 g/mol. The molecule has 342 valence electrons. The Labute approximate surface area is 362 Å². The van der Waals surface area contributed by atoms with Crippen molar-refractivity contribution >= 4 is 19.8 Å². The lowest BCUT2D eigenvalue weighted by molar-refractivity contribution is -0.870. The van der Waals surface area contributed by atoms with E-state index < -0.39 is 32.5 Å². The van der Waals surface area contributed by atoms with Gasteiger partial charge in [-0.15, -0.1) is 0 Å². The Balaban J connectivity index is 4.37. The molecule has 0 aliphatic rings. The highest BCUT2D eigenvalue weighted by Gasteiger charge is 2.21. The fourth-order valence-electron chi connectivity index (χ4n) is 6.20. The molecule has 9 nitrogen and oxygen atoms in total. The molecule has 0 aromatic carbocycles. The number of esters is 2. The molecule has 0 spiro atoms. The first-order valence-corrected chi connectivity index (χ1v) is 25.0. The van der Waals surface area contributed by atoms with Gasteiger partial charge in [0, 0.05) is 6.42 Å². The summed E-state index contributed by atoms with van der Waals surface area (Å²) in [6, 6.07) is 0. The van der Waals surface area contributed by atoms with Crippen molar-refractivity contribution in [2.75, 3.05) is 47.5 Å². The number of ether oxygens (including phenoxy) is 2. The summed E-state index contributed by atoms with van der Waals surface area (Å²) >= 11 is 0. The van der Waals surface area contributed by atoms with Crippen LogP contribution in [0.1, 0.15) is 187 Å². The van der Waals surface area contributed by atoms with Gasteiger partial charge in [-0.1, -0.05) is 197 Å². The molecule has 0 aromatic rings. The highest BCUT2D eigenvalue weighted by Crippen LogP contribution is 2.38. The zero-order chi connectivity index (χ0) is 43.6. The van der Waals surface area contributed by atoms with Crippen molar-refractivity contribution in [3.63, 3.8) is 0 Å². The van der Waals surface area contributed by atoms with Gasteiger partial charge in [-0.2, -0.15) is 0 Å². The maximum Gasteiger partial charge on any atom is 0.310 e. The van der Waals surface area contributed by atoms with E-state index in [2.05, 4.69) is 56.4 Å². The molecule has 0 aliphatic carbocycles. The van der Waals surface area contributed by atoms with Gasteiger partial charge >= 0.3 is 11.9 Å². The molecule has 59 heavy (non-hydrogen) atoms. The normalized spacial score (nSPS) is 14.1. The number of likely N-dealkylation sites (N-methyl/N-ethyl adjacent to an activating group) is 1. The molecule has 0 N–H and O–H groups in total. The summed E-state index contributed by atoms with van der Waals surface area (Å²) in [5.74, 6) is -0.979. The molecule has 0 fully saturated rings. The lowest BCUT2D eigenvalue weighted by Crippen LogP contribution is -2.37. The van der Waals surface area contributed by atoms with Crippen LogP contribution >= 0.6 is 7.82 Å². The van der Waals surface area contributed by atoms with Crippen LogP contribution in [0.3, 0.4) is 0 Å². The molecule has 0 aromatic heterocycles. The summed E-state index contributed by atoms with van der Waals surface area (Å²) in [6.45, 7) is 4.01. The van der Waals surface area contributed by atoms with E-state index in [0.717, 1.165) is 44.9 Å². The van der Waals surface area contributed by atoms with Gasteiger partial charge in [-0.25, -0.2) is 0 Å². The van der Waals surface area contributed by atoms with Crippen LogP contribution in [0.5, 0.6) is 0 Å².